The van der Waals surface area contributed by atoms with Gasteiger partial charge in [-0.2, -0.15) is 0 Å². The molecular formula is C23H30ClN5O3. The molecule has 1 aromatic heterocycles. The standard InChI is InChI=1S/C23H30ClN5O3/c1-14-17(24)6-5-7-18(14)25-20(30)11-10-19-26-27-21(29(19)16-8-9-16)15-12-28(13-15)22(31)32-23(2,3)4/h5-7,15-16H,8-13H2,1-4H3,(H,25,30). The number of ether oxygens (including phenoxy) is 1. The molecule has 2 aromatic rings. The lowest BCUT2D eigenvalue weighted by Crippen LogP contribution is -2.51. The summed E-state index contributed by atoms with van der Waals surface area (Å²) in [5.41, 5.74) is 1.07. The Morgan fingerprint density at radius 2 is 1.94 bits per heavy atom. The first kappa shape index (κ1) is 22.6. The molecule has 4 rings (SSSR count). The van der Waals surface area contributed by atoms with Crippen LogP contribution in [-0.2, 0) is 16.0 Å². The summed E-state index contributed by atoms with van der Waals surface area (Å²) in [6.07, 6.45) is 2.71. The van der Waals surface area contributed by atoms with E-state index in [0.29, 0.717) is 37.0 Å². The third kappa shape index (κ3) is 5.06. The Balaban J connectivity index is 1.36. The number of amides is 2. The molecule has 2 aliphatic rings. The Labute approximate surface area is 193 Å². The first-order valence-corrected chi connectivity index (χ1v) is 11.5. The van der Waals surface area contributed by atoms with E-state index < -0.39 is 5.60 Å². The highest BCUT2D eigenvalue weighted by atomic mass is 35.5. The monoisotopic (exact) mass is 459 g/mol. The molecule has 0 radical (unpaired) electrons. The number of benzene rings is 1. The van der Waals surface area contributed by atoms with Crippen LogP contribution in [0, 0.1) is 6.92 Å². The number of nitrogens with zero attached hydrogens (tertiary/aromatic N) is 4. The van der Waals surface area contributed by atoms with Crippen molar-refractivity contribution in [2.24, 2.45) is 0 Å². The van der Waals surface area contributed by atoms with E-state index >= 15 is 0 Å². The van der Waals surface area contributed by atoms with Gasteiger partial charge >= 0.3 is 6.09 Å². The van der Waals surface area contributed by atoms with Crippen molar-refractivity contribution in [3.8, 4) is 0 Å². The number of carbonyl (C=O) groups is 2. The summed E-state index contributed by atoms with van der Waals surface area (Å²) in [5, 5.41) is 12.4. The summed E-state index contributed by atoms with van der Waals surface area (Å²) in [6.45, 7) is 8.63. The van der Waals surface area contributed by atoms with E-state index in [4.69, 9.17) is 16.3 Å². The summed E-state index contributed by atoms with van der Waals surface area (Å²) < 4.78 is 7.63. The van der Waals surface area contributed by atoms with Gasteiger partial charge in [0.1, 0.15) is 17.2 Å². The van der Waals surface area contributed by atoms with Crippen molar-refractivity contribution < 1.29 is 14.3 Å². The molecule has 172 valence electrons. The van der Waals surface area contributed by atoms with Crippen molar-refractivity contribution in [2.75, 3.05) is 18.4 Å². The van der Waals surface area contributed by atoms with Crippen LogP contribution < -0.4 is 5.32 Å². The predicted octanol–water partition coefficient (Wildman–Crippen LogP) is 4.48. The van der Waals surface area contributed by atoms with E-state index in [1.165, 1.54) is 0 Å². The largest absolute Gasteiger partial charge is 0.444 e. The van der Waals surface area contributed by atoms with Crippen LogP contribution in [0.3, 0.4) is 0 Å². The second kappa shape index (κ2) is 8.73. The van der Waals surface area contributed by atoms with Gasteiger partial charge in [-0.25, -0.2) is 4.79 Å². The Hall–Kier alpha value is -2.61. The maximum Gasteiger partial charge on any atom is 0.410 e. The zero-order valence-corrected chi connectivity index (χ0v) is 19.8. The van der Waals surface area contributed by atoms with Crippen LogP contribution in [0.2, 0.25) is 5.02 Å². The van der Waals surface area contributed by atoms with Gasteiger partial charge in [-0.1, -0.05) is 17.7 Å². The van der Waals surface area contributed by atoms with Gasteiger partial charge in [0.15, 0.2) is 0 Å². The lowest BCUT2D eigenvalue weighted by Gasteiger charge is -2.39. The molecule has 1 N–H and O–H groups in total. The fraction of sp³-hybridized carbons (Fsp3) is 0.565. The third-order valence-corrected chi connectivity index (χ3v) is 6.13. The molecule has 2 fully saturated rings. The molecule has 0 bridgehead atoms. The lowest BCUT2D eigenvalue weighted by molar-refractivity contribution is -0.116. The van der Waals surface area contributed by atoms with E-state index in [1.807, 2.05) is 39.8 Å². The smallest absolute Gasteiger partial charge is 0.410 e. The van der Waals surface area contributed by atoms with Gasteiger partial charge < -0.3 is 19.5 Å². The van der Waals surface area contributed by atoms with Crippen molar-refractivity contribution in [3.05, 3.63) is 40.4 Å². The van der Waals surface area contributed by atoms with Crippen LogP contribution >= 0.6 is 11.6 Å². The Kier molecular flexibility index (Phi) is 6.16. The number of halogens is 1. The summed E-state index contributed by atoms with van der Waals surface area (Å²) in [7, 11) is 0. The van der Waals surface area contributed by atoms with Gasteiger partial charge in [-0.05, 0) is 58.2 Å². The van der Waals surface area contributed by atoms with Crippen molar-refractivity contribution in [1.82, 2.24) is 19.7 Å². The molecule has 0 spiro atoms. The van der Waals surface area contributed by atoms with Crippen molar-refractivity contribution >= 4 is 29.3 Å². The number of nitrogens with one attached hydrogen (secondary N) is 1. The molecule has 1 aromatic carbocycles. The highest BCUT2D eigenvalue weighted by molar-refractivity contribution is 6.31. The molecule has 2 amide bonds. The summed E-state index contributed by atoms with van der Waals surface area (Å²) in [4.78, 5) is 26.4. The minimum absolute atomic E-state index is 0.0815. The number of aryl methyl sites for hydroxylation is 1. The zero-order chi connectivity index (χ0) is 23.0. The minimum Gasteiger partial charge on any atom is -0.444 e. The third-order valence-electron chi connectivity index (χ3n) is 5.72. The molecule has 2 heterocycles. The predicted molar refractivity (Wildman–Crippen MR) is 122 cm³/mol. The fourth-order valence-corrected chi connectivity index (χ4v) is 3.99. The average Bonchev–Trinajstić information content (AvgIpc) is 3.42. The lowest BCUT2D eigenvalue weighted by atomic mass is 9.99. The quantitative estimate of drug-likeness (QED) is 0.687. The average molecular weight is 460 g/mol. The second-order valence-corrected chi connectivity index (χ2v) is 10.0. The van der Waals surface area contributed by atoms with Gasteiger partial charge in [0.2, 0.25) is 5.91 Å². The molecule has 0 unspecified atom stereocenters. The number of aromatic nitrogens is 3. The number of hydrogen-bond donors (Lipinski definition) is 1. The number of carbonyl (C=O) groups excluding carboxylic acids is 2. The van der Waals surface area contributed by atoms with Crippen molar-refractivity contribution in [2.45, 2.75) is 70.9 Å². The summed E-state index contributed by atoms with van der Waals surface area (Å²) in [5.74, 6) is 1.80. The highest BCUT2D eigenvalue weighted by Gasteiger charge is 2.40. The number of likely N-dealkylation sites (tertiary alicyclic amines) is 1. The van der Waals surface area contributed by atoms with E-state index in [0.717, 1.165) is 35.7 Å². The highest BCUT2D eigenvalue weighted by Crippen LogP contribution is 2.40. The van der Waals surface area contributed by atoms with Crippen LogP contribution in [-0.4, -0.2) is 50.4 Å². The number of rotatable bonds is 6. The molecule has 0 atom stereocenters. The summed E-state index contributed by atoms with van der Waals surface area (Å²) in [6, 6.07) is 5.86. The van der Waals surface area contributed by atoms with Crippen molar-refractivity contribution in [3.63, 3.8) is 0 Å². The SMILES string of the molecule is Cc1c(Cl)cccc1NC(=O)CCc1nnc(C2CN(C(=O)OC(C)(C)C)C2)n1C1CC1. The van der Waals surface area contributed by atoms with E-state index in [-0.39, 0.29) is 17.9 Å². The summed E-state index contributed by atoms with van der Waals surface area (Å²) >= 11 is 6.14. The Bertz CT molecular complexity index is 1020. The molecule has 9 heteroatoms. The Morgan fingerprint density at radius 3 is 2.59 bits per heavy atom. The van der Waals surface area contributed by atoms with Crippen molar-refractivity contribution in [1.29, 1.82) is 0 Å². The van der Waals surface area contributed by atoms with E-state index in [9.17, 15) is 9.59 Å². The topological polar surface area (TPSA) is 89.3 Å². The Morgan fingerprint density at radius 1 is 1.22 bits per heavy atom. The zero-order valence-electron chi connectivity index (χ0n) is 19.0. The molecule has 1 aliphatic carbocycles. The molecular weight excluding hydrogens is 430 g/mol. The van der Waals surface area contributed by atoms with Crippen LogP contribution in [0.15, 0.2) is 18.2 Å². The molecule has 1 aliphatic heterocycles. The minimum atomic E-state index is -0.506. The van der Waals surface area contributed by atoms with Gasteiger partial charge in [0, 0.05) is 42.7 Å². The van der Waals surface area contributed by atoms with Crippen LogP contribution in [0.4, 0.5) is 10.5 Å². The number of anilines is 1. The van der Waals surface area contributed by atoms with Gasteiger partial charge in [-0.15, -0.1) is 10.2 Å². The maximum absolute atomic E-state index is 12.5. The van der Waals surface area contributed by atoms with E-state index in [1.54, 1.807) is 11.0 Å². The first-order valence-electron chi connectivity index (χ1n) is 11.1. The first-order chi connectivity index (χ1) is 15.1. The van der Waals surface area contributed by atoms with Gasteiger partial charge in [-0.3, -0.25) is 4.79 Å². The normalized spacial score (nSPS) is 16.6. The molecule has 1 saturated heterocycles. The number of hydrogen-bond acceptors (Lipinski definition) is 5. The molecule has 1 saturated carbocycles. The maximum atomic E-state index is 12.5. The molecule has 8 nitrogen and oxygen atoms in total. The van der Waals surface area contributed by atoms with Gasteiger partial charge in [0.05, 0.1) is 5.92 Å². The molecule has 32 heavy (non-hydrogen) atoms. The van der Waals surface area contributed by atoms with Crippen LogP contribution in [0.5, 0.6) is 0 Å². The van der Waals surface area contributed by atoms with Crippen LogP contribution in [0.1, 0.15) is 69.2 Å². The van der Waals surface area contributed by atoms with Crippen LogP contribution in [0.25, 0.3) is 0 Å². The fourth-order valence-electron chi connectivity index (χ4n) is 3.82. The van der Waals surface area contributed by atoms with E-state index in [2.05, 4.69) is 20.1 Å². The van der Waals surface area contributed by atoms with Gasteiger partial charge in [0.25, 0.3) is 0 Å². The second-order valence-electron chi connectivity index (χ2n) is 9.62.